The normalized spacial score (nSPS) is 19.6. The average Bonchev–Trinajstić information content (AvgIpc) is 3.45. The molecule has 0 spiro atoms. The van der Waals surface area contributed by atoms with Crippen LogP contribution in [-0.4, -0.2) is 65.8 Å². The van der Waals surface area contributed by atoms with E-state index < -0.39 is 10.0 Å². The van der Waals surface area contributed by atoms with Crippen LogP contribution in [0, 0.1) is 19.8 Å². The lowest BCUT2D eigenvalue weighted by molar-refractivity contribution is -0.126. The van der Waals surface area contributed by atoms with Gasteiger partial charge in [-0.1, -0.05) is 29.8 Å². The van der Waals surface area contributed by atoms with E-state index in [1.54, 1.807) is 24.7 Å². The van der Waals surface area contributed by atoms with E-state index in [0.29, 0.717) is 38.3 Å². The summed E-state index contributed by atoms with van der Waals surface area (Å²) in [4.78, 5) is 19.6. The minimum atomic E-state index is -3.63. The second kappa shape index (κ2) is 9.95. The highest BCUT2D eigenvalue weighted by molar-refractivity contribution is 7.89. The molecule has 1 unspecified atom stereocenters. The van der Waals surface area contributed by atoms with E-state index >= 15 is 0 Å². The maximum atomic E-state index is 13.0. The van der Waals surface area contributed by atoms with Gasteiger partial charge in [-0.3, -0.25) is 9.69 Å². The van der Waals surface area contributed by atoms with Gasteiger partial charge < -0.3 is 9.88 Å². The van der Waals surface area contributed by atoms with Gasteiger partial charge in [-0.15, -0.1) is 0 Å². The Hall–Kier alpha value is -2.23. The van der Waals surface area contributed by atoms with Gasteiger partial charge in [0.1, 0.15) is 5.82 Å². The highest BCUT2D eigenvalue weighted by Gasteiger charge is 2.34. The van der Waals surface area contributed by atoms with Crippen molar-refractivity contribution in [1.82, 2.24) is 24.1 Å². The third kappa shape index (κ3) is 5.31. The van der Waals surface area contributed by atoms with Gasteiger partial charge in [-0.25, -0.2) is 13.4 Å². The van der Waals surface area contributed by atoms with Crippen molar-refractivity contribution >= 4 is 15.9 Å². The smallest absolute Gasteiger partial charge is 0.262 e. The summed E-state index contributed by atoms with van der Waals surface area (Å²) in [7, 11) is -1.84. The number of benzene rings is 1. The molecule has 4 rings (SSSR count). The molecule has 1 atom stereocenters. The van der Waals surface area contributed by atoms with Crippen LogP contribution in [0.3, 0.4) is 0 Å². The number of amides is 1. The van der Waals surface area contributed by atoms with Crippen molar-refractivity contribution in [2.24, 2.45) is 13.0 Å². The molecule has 3 heterocycles. The Morgan fingerprint density at radius 3 is 2.30 bits per heavy atom. The molecular weight excluding hydrogens is 438 g/mol. The van der Waals surface area contributed by atoms with Crippen LogP contribution in [0.2, 0.25) is 0 Å². The lowest BCUT2D eigenvalue weighted by atomic mass is 9.96. The number of carbonyl (C=O) groups is 1. The number of rotatable bonds is 7. The molecule has 9 heteroatoms. The van der Waals surface area contributed by atoms with Crippen LogP contribution in [0.25, 0.3) is 0 Å². The molecular formula is C24H35N5O3S. The first kappa shape index (κ1) is 23.9. The minimum absolute atomic E-state index is 0.0250. The zero-order valence-corrected chi connectivity index (χ0v) is 20.6. The van der Waals surface area contributed by atoms with E-state index in [1.807, 2.05) is 0 Å². The van der Waals surface area contributed by atoms with Crippen molar-refractivity contribution < 1.29 is 13.2 Å². The van der Waals surface area contributed by atoms with Crippen LogP contribution in [0.15, 0.2) is 35.5 Å². The standard InChI is InChI=1S/C24H35N5O3S/c1-18-6-8-20(9-7-18)22(28-12-4-5-13-28)16-25-24(30)21-10-14-29(15-11-21)33(31,32)23-17-27(3)19(2)26-23/h6-9,17,21-22H,4-5,10-16H2,1-3H3,(H,25,30). The maximum Gasteiger partial charge on any atom is 0.262 e. The lowest BCUT2D eigenvalue weighted by Gasteiger charge is -2.32. The Balaban J connectivity index is 1.34. The van der Waals surface area contributed by atoms with Crippen molar-refractivity contribution in [2.45, 2.75) is 50.6 Å². The average molecular weight is 474 g/mol. The molecule has 1 N–H and O–H groups in total. The summed E-state index contributed by atoms with van der Waals surface area (Å²) in [5.41, 5.74) is 2.46. The summed E-state index contributed by atoms with van der Waals surface area (Å²) in [6, 6.07) is 8.74. The molecule has 1 aromatic heterocycles. The van der Waals surface area contributed by atoms with Gasteiger partial charge in [-0.2, -0.15) is 4.31 Å². The summed E-state index contributed by atoms with van der Waals surface area (Å²) >= 11 is 0. The first-order chi connectivity index (χ1) is 15.8. The number of hydrogen-bond acceptors (Lipinski definition) is 5. The summed E-state index contributed by atoms with van der Waals surface area (Å²) < 4.78 is 29.0. The number of imidazole rings is 1. The summed E-state index contributed by atoms with van der Waals surface area (Å²) in [5.74, 6) is 0.514. The van der Waals surface area contributed by atoms with Crippen molar-refractivity contribution in [3.05, 3.63) is 47.4 Å². The molecule has 8 nitrogen and oxygen atoms in total. The molecule has 0 saturated carbocycles. The number of nitrogens with one attached hydrogen (secondary N) is 1. The molecule has 0 radical (unpaired) electrons. The number of aryl methyl sites for hydroxylation is 3. The van der Waals surface area contributed by atoms with Crippen LogP contribution in [-0.2, 0) is 21.9 Å². The zero-order chi connectivity index (χ0) is 23.6. The van der Waals surface area contributed by atoms with Crippen LogP contribution < -0.4 is 5.32 Å². The van der Waals surface area contributed by atoms with Crippen molar-refractivity contribution in [3.63, 3.8) is 0 Å². The number of nitrogens with zero attached hydrogens (tertiary/aromatic N) is 4. The Bertz CT molecular complexity index is 1050. The Morgan fingerprint density at radius 2 is 1.73 bits per heavy atom. The van der Waals surface area contributed by atoms with Crippen LogP contribution in [0.4, 0.5) is 0 Å². The lowest BCUT2D eigenvalue weighted by Crippen LogP contribution is -2.44. The van der Waals surface area contributed by atoms with E-state index in [9.17, 15) is 13.2 Å². The second-order valence-corrected chi connectivity index (χ2v) is 11.2. The quantitative estimate of drug-likeness (QED) is 0.667. The summed E-state index contributed by atoms with van der Waals surface area (Å²) in [6.45, 7) is 7.22. The molecule has 180 valence electrons. The molecule has 2 saturated heterocycles. The van der Waals surface area contributed by atoms with Crippen molar-refractivity contribution in [2.75, 3.05) is 32.7 Å². The third-order valence-corrected chi connectivity index (χ3v) is 8.80. The number of likely N-dealkylation sites (tertiary alicyclic amines) is 1. The second-order valence-electron chi connectivity index (χ2n) is 9.33. The summed E-state index contributed by atoms with van der Waals surface area (Å²) in [5, 5.41) is 3.25. The van der Waals surface area contributed by atoms with Gasteiger partial charge in [0.2, 0.25) is 5.91 Å². The van der Waals surface area contributed by atoms with Gasteiger partial charge >= 0.3 is 0 Å². The molecule has 1 aromatic carbocycles. The van der Waals surface area contributed by atoms with Crippen LogP contribution in [0.1, 0.15) is 48.7 Å². The number of piperidine rings is 1. The zero-order valence-electron chi connectivity index (χ0n) is 19.8. The minimum Gasteiger partial charge on any atom is -0.354 e. The predicted octanol–water partition coefficient (Wildman–Crippen LogP) is 2.39. The largest absolute Gasteiger partial charge is 0.354 e. The first-order valence-electron chi connectivity index (χ1n) is 11.8. The SMILES string of the molecule is Cc1ccc(C(CNC(=O)C2CCN(S(=O)(=O)c3cn(C)c(C)n3)CC2)N2CCCC2)cc1. The fraction of sp³-hybridized carbons (Fsp3) is 0.583. The van der Waals surface area contributed by atoms with E-state index in [0.717, 1.165) is 13.1 Å². The summed E-state index contributed by atoms with van der Waals surface area (Å²) in [6.07, 6.45) is 4.98. The van der Waals surface area contributed by atoms with E-state index in [1.165, 1.54) is 28.3 Å². The topological polar surface area (TPSA) is 87.5 Å². The molecule has 2 aliphatic heterocycles. The van der Waals surface area contributed by atoms with E-state index in [4.69, 9.17) is 0 Å². The molecule has 2 fully saturated rings. The predicted molar refractivity (Wildman–Crippen MR) is 127 cm³/mol. The Labute approximate surface area is 197 Å². The molecule has 0 aliphatic carbocycles. The van der Waals surface area contributed by atoms with Gasteiger partial charge in [0.05, 0.1) is 6.04 Å². The van der Waals surface area contributed by atoms with E-state index in [2.05, 4.69) is 46.4 Å². The number of hydrogen-bond donors (Lipinski definition) is 1. The van der Waals surface area contributed by atoms with Crippen LogP contribution in [0.5, 0.6) is 0 Å². The fourth-order valence-corrected chi connectivity index (χ4v) is 6.28. The van der Waals surface area contributed by atoms with Crippen molar-refractivity contribution in [3.8, 4) is 0 Å². The van der Waals surface area contributed by atoms with E-state index in [-0.39, 0.29) is 22.9 Å². The van der Waals surface area contributed by atoms with Gasteiger partial charge in [0.25, 0.3) is 10.0 Å². The Kier molecular flexibility index (Phi) is 7.21. The highest BCUT2D eigenvalue weighted by atomic mass is 32.2. The molecule has 0 bridgehead atoms. The monoisotopic (exact) mass is 473 g/mol. The fourth-order valence-electron chi connectivity index (χ4n) is 4.78. The number of aromatic nitrogens is 2. The third-order valence-electron chi connectivity index (χ3n) is 7.03. The molecule has 2 aromatic rings. The molecule has 1 amide bonds. The molecule has 2 aliphatic rings. The number of carbonyl (C=O) groups excluding carboxylic acids is 1. The maximum absolute atomic E-state index is 13.0. The first-order valence-corrected chi connectivity index (χ1v) is 13.3. The molecule has 33 heavy (non-hydrogen) atoms. The van der Waals surface area contributed by atoms with Crippen LogP contribution >= 0.6 is 0 Å². The van der Waals surface area contributed by atoms with Gasteiger partial charge in [0.15, 0.2) is 5.03 Å². The number of sulfonamides is 1. The Morgan fingerprint density at radius 1 is 1.09 bits per heavy atom. The van der Waals surface area contributed by atoms with Crippen molar-refractivity contribution in [1.29, 1.82) is 0 Å². The van der Waals surface area contributed by atoms with Gasteiger partial charge in [-0.05, 0) is 58.2 Å². The van der Waals surface area contributed by atoms with Gasteiger partial charge in [0, 0.05) is 38.8 Å². The highest BCUT2D eigenvalue weighted by Crippen LogP contribution is 2.26.